The lowest BCUT2D eigenvalue weighted by molar-refractivity contribution is 0.307. The van der Waals surface area contributed by atoms with Crippen molar-refractivity contribution in [3.05, 3.63) is 18.7 Å². The molecule has 0 saturated carbocycles. The number of rotatable bonds is 0. The van der Waals surface area contributed by atoms with Crippen molar-refractivity contribution in [1.82, 2.24) is 9.55 Å². The van der Waals surface area contributed by atoms with E-state index in [1.807, 2.05) is 20.8 Å². The van der Waals surface area contributed by atoms with Crippen LogP contribution in [0, 0.1) is 5.41 Å². The van der Waals surface area contributed by atoms with E-state index in [4.69, 9.17) is 5.21 Å². The van der Waals surface area contributed by atoms with Gasteiger partial charge in [0.15, 0.2) is 5.84 Å². The van der Waals surface area contributed by atoms with Crippen molar-refractivity contribution in [2.24, 2.45) is 10.6 Å². The van der Waals surface area contributed by atoms with Crippen molar-refractivity contribution < 1.29 is 5.21 Å². The van der Waals surface area contributed by atoms with Crippen LogP contribution in [0.1, 0.15) is 20.8 Å². The van der Waals surface area contributed by atoms with Crippen LogP contribution in [0.3, 0.4) is 0 Å². The molecule has 0 unspecified atom stereocenters. The first-order valence-corrected chi connectivity index (χ1v) is 3.76. The van der Waals surface area contributed by atoms with Crippen LogP contribution in [-0.4, -0.2) is 20.6 Å². The Morgan fingerprint density at radius 2 is 2.17 bits per heavy atom. The lowest BCUT2D eigenvalue weighted by Gasteiger charge is -2.19. The molecule has 0 saturated heterocycles. The zero-order valence-electron chi connectivity index (χ0n) is 7.52. The maximum Gasteiger partial charge on any atom is 0.158 e. The number of oxime groups is 1. The molecular formula is C8H13N3O. The second kappa shape index (κ2) is 2.97. The average Bonchev–Trinajstić information content (AvgIpc) is 2.38. The van der Waals surface area contributed by atoms with Crippen molar-refractivity contribution in [3.8, 4) is 0 Å². The van der Waals surface area contributed by atoms with Gasteiger partial charge in [-0.05, 0) is 0 Å². The molecule has 0 bridgehead atoms. The van der Waals surface area contributed by atoms with Crippen molar-refractivity contribution in [2.45, 2.75) is 20.8 Å². The molecule has 4 heteroatoms. The summed E-state index contributed by atoms with van der Waals surface area (Å²) >= 11 is 0. The van der Waals surface area contributed by atoms with Crippen molar-refractivity contribution >= 4 is 5.84 Å². The Hall–Kier alpha value is -1.32. The van der Waals surface area contributed by atoms with Gasteiger partial charge in [0, 0.05) is 17.8 Å². The van der Waals surface area contributed by atoms with Gasteiger partial charge in [-0.3, -0.25) is 4.57 Å². The Balaban J connectivity index is 3.01. The minimum Gasteiger partial charge on any atom is -0.409 e. The fraction of sp³-hybridized carbons (Fsp3) is 0.500. The molecular weight excluding hydrogens is 154 g/mol. The Morgan fingerprint density at radius 1 is 1.50 bits per heavy atom. The first-order valence-electron chi connectivity index (χ1n) is 3.76. The second-order valence-corrected chi connectivity index (χ2v) is 3.64. The molecule has 0 spiro atoms. The summed E-state index contributed by atoms with van der Waals surface area (Å²) in [6.45, 7) is 5.92. The maximum absolute atomic E-state index is 8.77. The van der Waals surface area contributed by atoms with E-state index in [1.54, 1.807) is 23.3 Å². The summed E-state index contributed by atoms with van der Waals surface area (Å²) in [5.41, 5.74) is -0.185. The van der Waals surface area contributed by atoms with Crippen molar-refractivity contribution in [1.29, 1.82) is 0 Å². The largest absolute Gasteiger partial charge is 0.409 e. The van der Waals surface area contributed by atoms with E-state index in [1.165, 1.54) is 0 Å². The summed E-state index contributed by atoms with van der Waals surface area (Å²) in [6, 6.07) is 0. The monoisotopic (exact) mass is 167 g/mol. The van der Waals surface area contributed by atoms with Crippen molar-refractivity contribution in [2.75, 3.05) is 0 Å². The number of hydrogen-bond acceptors (Lipinski definition) is 3. The molecule has 66 valence electrons. The minimum absolute atomic E-state index is 0.185. The van der Waals surface area contributed by atoms with Crippen molar-refractivity contribution in [3.63, 3.8) is 0 Å². The summed E-state index contributed by atoms with van der Waals surface area (Å²) in [7, 11) is 0. The Morgan fingerprint density at radius 3 is 2.50 bits per heavy atom. The van der Waals surface area contributed by atoms with Gasteiger partial charge in [0.05, 0.1) is 0 Å². The highest BCUT2D eigenvalue weighted by Gasteiger charge is 2.20. The van der Waals surface area contributed by atoms with Crippen LogP contribution in [0.4, 0.5) is 0 Å². The standard InChI is InChI=1S/C8H13N3O/c1-8(2,3)7(10-12)11-5-4-9-6-11/h4-6,12H,1-3H3. The molecule has 1 aromatic rings. The highest BCUT2D eigenvalue weighted by molar-refractivity contribution is 5.88. The van der Waals surface area contributed by atoms with E-state index in [0.717, 1.165) is 0 Å². The third-order valence-electron chi connectivity index (χ3n) is 1.51. The van der Waals surface area contributed by atoms with E-state index in [0.29, 0.717) is 5.84 Å². The molecule has 1 heterocycles. The topological polar surface area (TPSA) is 50.4 Å². The van der Waals surface area contributed by atoms with Gasteiger partial charge < -0.3 is 5.21 Å². The molecule has 0 aliphatic heterocycles. The SMILES string of the molecule is CC(C)(C)C(=NO)n1ccnc1. The van der Waals surface area contributed by atoms with Gasteiger partial charge >= 0.3 is 0 Å². The molecule has 12 heavy (non-hydrogen) atoms. The Kier molecular flexibility index (Phi) is 2.17. The third-order valence-corrected chi connectivity index (χ3v) is 1.51. The zero-order valence-corrected chi connectivity index (χ0v) is 7.52. The lowest BCUT2D eigenvalue weighted by Crippen LogP contribution is -2.26. The maximum atomic E-state index is 8.77. The quantitative estimate of drug-likeness (QED) is 0.276. The van der Waals surface area contributed by atoms with Crippen LogP contribution >= 0.6 is 0 Å². The van der Waals surface area contributed by atoms with Gasteiger partial charge in [0.25, 0.3) is 0 Å². The molecule has 0 aromatic carbocycles. The molecule has 1 rings (SSSR count). The summed E-state index contributed by atoms with van der Waals surface area (Å²) < 4.78 is 1.69. The van der Waals surface area contributed by atoms with Crippen LogP contribution in [0.5, 0.6) is 0 Å². The lowest BCUT2D eigenvalue weighted by atomic mass is 9.95. The van der Waals surface area contributed by atoms with Gasteiger partial charge in [-0.2, -0.15) is 0 Å². The number of nitrogens with zero attached hydrogens (tertiary/aromatic N) is 3. The fourth-order valence-corrected chi connectivity index (χ4v) is 0.973. The highest BCUT2D eigenvalue weighted by atomic mass is 16.4. The van der Waals surface area contributed by atoms with Gasteiger partial charge in [0.1, 0.15) is 6.33 Å². The van der Waals surface area contributed by atoms with E-state index in [-0.39, 0.29) is 5.41 Å². The summed E-state index contributed by atoms with van der Waals surface area (Å²) in [5.74, 6) is 0.583. The van der Waals surface area contributed by atoms with E-state index in [9.17, 15) is 0 Å². The predicted octanol–water partition coefficient (Wildman–Crippen LogP) is 1.56. The summed E-state index contributed by atoms with van der Waals surface area (Å²) in [4.78, 5) is 3.88. The molecule has 0 fully saturated rings. The van der Waals surface area contributed by atoms with Gasteiger partial charge in [-0.25, -0.2) is 4.98 Å². The fourth-order valence-electron chi connectivity index (χ4n) is 0.973. The van der Waals surface area contributed by atoms with Gasteiger partial charge in [0.2, 0.25) is 0 Å². The van der Waals surface area contributed by atoms with Gasteiger partial charge in [-0.1, -0.05) is 25.9 Å². The minimum atomic E-state index is -0.185. The van der Waals surface area contributed by atoms with Crippen LogP contribution in [0.2, 0.25) is 0 Å². The van der Waals surface area contributed by atoms with Crippen LogP contribution in [-0.2, 0) is 0 Å². The first kappa shape index (κ1) is 8.77. The molecule has 4 nitrogen and oxygen atoms in total. The molecule has 0 amide bonds. The normalized spacial score (nSPS) is 13.4. The predicted molar refractivity (Wildman–Crippen MR) is 46.3 cm³/mol. The van der Waals surface area contributed by atoms with E-state index < -0.39 is 0 Å². The third kappa shape index (κ3) is 1.64. The average molecular weight is 167 g/mol. The highest BCUT2D eigenvalue weighted by Crippen LogP contribution is 2.16. The summed E-state index contributed by atoms with van der Waals surface area (Å²) in [6.07, 6.45) is 5.01. The number of hydrogen-bond donors (Lipinski definition) is 1. The van der Waals surface area contributed by atoms with Crippen LogP contribution in [0.15, 0.2) is 23.9 Å². The van der Waals surface area contributed by atoms with E-state index in [2.05, 4.69) is 10.1 Å². The molecule has 1 N–H and O–H groups in total. The molecule has 0 atom stereocenters. The Labute approximate surface area is 71.5 Å². The second-order valence-electron chi connectivity index (χ2n) is 3.64. The smallest absolute Gasteiger partial charge is 0.158 e. The zero-order chi connectivity index (χ0) is 9.19. The first-order chi connectivity index (χ1) is 5.55. The van der Waals surface area contributed by atoms with Crippen LogP contribution < -0.4 is 0 Å². The summed E-state index contributed by atoms with van der Waals surface area (Å²) in [5, 5.41) is 12.0. The van der Waals surface area contributed by atoms with Crippen LogP contribution in [0.25, 0.3) is 0 Å². The van der Waals surface area contributed by atoms with Gasteiger partial charge in [-0.15, -0.1) is 0 Å². The molecule has 0 aliphatic rings. The number of imidazole rings is 1. The molecule has 0 radical (unpaired) electrons. The molecule has 1 aromatic heterocycles. The van der Waals surface area contributed by atoms with E-state index >= 15 is 0 Å². The molecule has 0 aliphatic carbocycles. The number of aromatic nitrogens is 2. The Bertz CT molecular complexity index is 269.